The van der Waals surface area contributed by atoms with Gasteiger partial charge in [0.25, 0.3) is 0 Å². The van der Waals surface area contributed by atoms with Crippen LogP contribution in [0.3, 0.4) is 0 Å². The molecule has 0 atom stereocenters. The van der Waals surface area contributed by atoms with Gasteiger partial charge in [-0.05, 0) is 31.2 Å². The van der Waals surface area contributed by atoms with Crippen LogP contribution in [-0.2, 0) is 0 Å². The van der Waals surface area contributed by atoms with Crippen LogP contribution >= 0.6 is 0 Å². The molecule has 0 bridgehead atoms. The molecule has 0 spiro atoms. The van der Waals surface area contributed by atoms with Gasteiger partial charge >= 0.3 is 5.91 Å². The Hall–Kier alpha value is -3.35. The predicted octanol–water partition coefficient (Wildman–Crippen LogP) is 3.06. The van der Waals surface area contributed by atoms with Crippen molar-refractivity contribution in [3.63, 3.8) is 0 Å². The second-order valence-electron chi connectivity index (χ2n) is 5.08. The summed E-state index contributed by atoms with van der Waals surface area (Å²) in [6, 6.07) is 8.53. The van der Waals surface area contributed by atoms with Crippen LogP contribution in [0.25, 0.3) is 11.0 Å². The summed E-state index contributed by atoms with van der Waals surface area (Å²) in [5.74, 6) is -1.63. The fourth-order valence-corrected chi connectivity index (χ4v) is 2.36. The first kappa shape index (κ1) is 15.5. The van der Waals surface area contributed by atoms with Gasteiger partial charge in [0.1, 0.15) is 22.9 Å². The quantitative estimate of drug-likeness (QED) is 0.509. The van der Waals surface area contributed by atoms with E-state index in [0.29, 0.717) is 16.5 Å². The van der Waals surface area contributed by atoms with Gasteiger partial charge in [-0.2, -0.15) is 5.10 Å². The number of benzene rings is 2. The summed E-state index contributed by atoms with van der Waals surface area (Å²) >= 11 is 0. The lowest BCUT2D eigenvalue weighted by Gasteiger charge is -2.00. The Bertz CT molecular complexity index is 942. The smallest absolute Gasteiger partial charge is 0.307 e. The SMILES string of the molecule is Cc1c(C(=O)N/N=C\c2c(O)cccc2F)oc2cccc(O)c12. The predicted molar refractivity (Wildman–Crippen MR) is 85.7 cm³/mol. The fraction of sp³-hybridized carbons (Fsp3) is 0.0588. The molecule has 1 amide bonds. The van der Waals surface area contributed by atoms with Crippen LogP contribution < -0.4 is 5.43 Å². The number of carbonyl (C=O) groups is 1. The van der Waals surface area contributed by atoms with E-state index in [4.69, 9.17) is 4.42 Å². The van der Waals surface area contributed by atoms with Crippen LogP contribution in [-0.4, -0.2) is 22.3 Å². The molecule has 0 saturated carbocycles. The highest BCUT2D eigenvalue weighted by molar-refractivity contribution is 6.01. The number of carbonyl (C=O) groups excluding carboxylic acids is 1. The van der Waals surface area contributed by atoms with Crippen molar-refractivity contribution in [2.75, 3.05) is 0 Å². The van der Waals surface area contributed by atoms with Crippen molar-refractivity contribution in [2.45, 2.75) is 6.92 Å². The largest absolute Gasteiger partial charge is 0.507 e. The van der Waals surface area contributed by atoms with E-state index in [1.807, 2.05) is 0 Å². The number of hydrogen-bond acceptors (Lipinski definition) is 5. The number of amides is 1. The number of fused-ring (bicyclic) bond motifs is 1. The zero-order valence-electron chi connectivity index (χ0n) is 12.6. The lowest BCUT2D eigenvalue weighted by Crippen LogP contribution is -2.17. The Morgan fingerprint density at radius 3 is 2.62 bits per heavy atom. The minimum Gasteiger partial charge on any atom is -0.507 e. The lowest BCUT2D eigenvalue weighted by atomic mass is 10.1. The van der Waals surface area contributed by atoms with Crippen LogP contribution in [0.1, 0.15) is 21.7 Å². The summed E-state index contributed by atoms with van der Waals surface area (Å²) in [6.07, 6.45) is 0.998. The molecule has 0 saturated heterocycles. The van der Waals surface area contributed by atoms with E-state index in [1.54, 1.807) is 19.1 Å². The van der Waals surface area contributed by atoms with Crippen molar-refractivity contribution in [1.82, 2.24) is 5.43 Å². The van der Waals surface area contributed by atoms with Crippen molar-refractivity contribution < 1.29 is 23.8 Å². The summed E-state index contributed by atoms with van der Waals surface area (Å²) in [4.78, 5) is 12.2. The third-order valence-corrected chi connectivity index (χ3v) is 3.53. The lowest BCUT2D eigenvalue weighted by molar-refractivity contribution is 0.0928. The molecule has 0 aliphatic rings. The molecule has 0 aliphatic heterocycles. The Labute approximate surface area is 135 Å². The Morgan fingerprint density at radius 2 is 1.92 bits per heavy atom. The maximum Gasteiger partial charge on any atom is 0.307 e. The number of nitrogens with zero attached hydrogens (tertiary/aromatic N) is 1. The molecule has 0 aliphatic carbocycles. The molecule has 6 nitrogen and oxygen atoms in total. The van der Waals surface area contributed by atoms with Gasteiger partial charge in [-0.3, -0.25) is 4.79 Å². The number of aromatic hydroxyl groups is 2. The monoisotopic (exact) mass is 328 g/mol. The van der Waals surface area contributed by atoms with Gasteiger partial charge in [0.05, 0.1) is 17.2 Å². The first-order valence-corrected chi connectivity index (χ1v) is 7.01. The van der Waals surface area contributed by atoms with Gasteiger partial charge in [-0.15, -0.1) is 0 Å². The van der Waals surface area contributed by atoms with Crippen molar-refractivity contribution in [3.05, 3.63) is 59.1 Å². The first-order chi connectivity index (χ1) is 11.5. The minimum atomic E-state index is -0.669. The van der Waals surface area contributed by atoms with E-state index < -0.39 is 11.7 Å². The van der Waals surface area contributed by atoms with Gasteiger partial charge in [0.15, 0.2) is 5.76 Å². The van der Waals surface area contributed by atoms with Crippen molar-refractivity contribution in [3.8, 4) is 11.5 Å². The molecule has 1 aromatic heterocycles. The Morgan fingerprint density at radius 1 is 1.21 bits per heavy atom. The highest BCUT2D eigenvalue weighted by Crippen LogP contribution is 2.32. The van der Waals surface area contributed by atoms with Crippen molar-refractivity contribution >= 4 is 23.1 Å². The van der Waals surface area contributed by atoms with Gasteiger partial charge in [-0.1, -0.05) is 12.1 Å². The number of nitrogens with one attached hydrogen (secondary N) is 1. The van der Waals surface area contributed by atoms with E-state index in [0.717, 1.165) is 12.3 Å². The summed E-state index contributed by atoms with van der Waals surface area (Å²) < 4.78 is 19.0. The number of phenolic OH excluding ortho intramolecular Hbond substituents is 2. The molecule has 0 unspecified atom stereocenters. The van der Waals surface area contributed by atoms with Gasteiger partial charge in [0.2, 0.25) is 0 Å². The van der Waals surface area contributed by atoms with E-state index >= 15 is 0 Å². The molecule has 24 heavy (non-hydrogen) atoms. The van der Waals surface area contributed by atoms with E-state index in [-0.39, 0.29) is 22.8 Å². The topological polar surface area (TPSA) is 95.1 Å². The zero-order valence-corrected chi connectivity index (χ0v) is 12.6. The van der Waals surface area contributed by atoms with Crippen molar-refractivity contribution in [1.29, 1.82) is 0 Å². The number of hydrazone groups is 1. The van der Waals surface area contributed by atoms with E-state index in [2.05, 4.69) is 10.5 Å². The average Bonchev–Trinajstić information content (AvgIpc) is 2.88. The van der Waals surface area contributed by atoms with Crippen LogP contribution in [0.5, 0.6) is 11.5 Å². The maximum absolute atomic E-state index is 13.5. The minimum absolute atomic E-state index is 0.00702. The van der Waals surface area contributed by atoms with Crippen LogP contribution in [0.4, 0.5) is 4.39 Å². The highest BCUT2D eigenvalue weighted by Gasteiger charge is 2.19. The molecular formula is C17H13FN2O4. The molecular weight excluding hydrogens is 315 g/mol. The molecule has 3 aromatic rings. The second-order valence-corrected chi connectivity index (χ2v) is 5.08. The third-order valence-electron chi connectivity index (χ3n) is 3.53. The fourth-order valence-electron chi connectivity index (χ4n) is 2.36. The van der Waals surface area contributed by atoms with E-state index in [1.165, 1.54) is 18.2 Å². The number of halogens is 1. The number of phenols is 2. The summed E-state index contributed by atoms with van der Waals surface area (Å²) in [7, 11) is 0. The number of hydrogen-bond donors (Lipinski definition) is 3. The molecule has 3 rings (SSSR count). The van der Waals surface area contributed by atoms with Gasteiger partial charge < -0.3 is 14.6 Å². The highest BCUT2D eigenvalue weighted by atomic mass is 19.1. The van der Waals surface area contributed by atoms with Gasteiger partial charge in [-0.25, -0.2) is 9.82 Å². The zero-order chi connectivity index (χ0) is 17.3. The summed E-state index contributed by atoms with van der Waals surface area (Å²) in [5, 5.41) is 23.5. The standard InChI is InChI=1S/C17H13FN2O4/c1-9-15-13(22)6-3-7-14(15)24-16(9)17(23)20-19-8-10-11(18)4-2-5-12(10)21/h2-8,21-22H,1H3,(H,20,23)/b19-8-. The number of aryl methyl sites for hydroxylation is 1. The molecule has 3 N–H and O–H groups in total. The van der Waals surface area contributed by atoms with Crippen LogP contribution in [0, 0.1) is 12.7 Å². The summed E-state index contributed by atoms with van der Waals surface area (Å²) in [5.41, 5.74) is 2.89. The number of rotatable bonds is 3. The molecule has 7 heteroatoms. The first-order valence-electron chi connectivity index (χ1n) is 7.01. The molecule has 122 valence electrons. The maximum atomic E-state index is 13.5. The third kappa shape index (κ3) is 2.67. The molecule has 2 aromatic carbocycles. The van der Waals surface area contributed by atoms with Crippen molar-refractivity contribution in [2.24, 2.45) is 5.10 Å². The Kier molecular flexibility index (Phi) is 3.91. The molecule has 1 heterocycles. The Balaban J connectivity index is 1.85. The normalized spacial score (nSPS) is 11.2. The van der Waals surface area contributed by atoms with Gasteiger partial charge in [0, 0.05) is 5.56 Å². The average molecular weight is 328 g/mol. The summed E-state index contributed by atoms with van der Waals surface area (Å²) in [6.45, 7) is 1.63. The van der Waals surface area contributed by atoms with Crippen LogP contribution in [0.2, 0.25) is 0 Å². The molecule has 0 radical (unpaired) electrons. The van der Waals surface area contributed by atoms with Crippen LogP contribution in [0.15, 0.2) is 45.9 Å². The molecule has 0 fully saturated rings. The number of furan rings is 1. The van der Waals surface area contributed by atoms with E-state index in [9.17, 15) is 19.4 Å². The second kappa shape index (κ2) is 6.04.